The fourth-order valence-corrected chi connectivity index (χ4v) is 1.41. The van der Waals surface area contributed by atoms with Crippen molar-refractivity contribution < 1.29 is 0 Å². The van der Waals surface area contributed by atoms with E-state index < -0.39 is 0 Å². The summed E-state index contributed by atoms with van der Waals surface area (Å²) < 4.78 is 2.21. The quantitative estimate of drug-likeness (QED) is 0.782. The summed E-state index contributed by atoms with van der Waals surface area (Å²) in [5.74, 6) is 1.75. The van der Waals surface area contributed by atoms with Crippen LogP contribution in [0.2, 0.25) is 0 Å². The van der Waals surface area contributed by atoms with Crippen molar-refractivity contribution in [2.45, 2.75) is 40.7 Å². The first-order valence-electron chi connectivity index (χ1n) is 5.41. The summed E-state index contributed by atoms with van der Waals surface area (Å²) in [6.45, 7) is 10.6. The summed E-state index contributed by atoms with van der Waals surface area (Å²) in [6, 6.07) is 0. The molecule has 0 aromatic carbocycles. The Bertz CT molecular complexity index is 276. The van der Waals surface area contributed by atoms with E-state index in [0.717, 1.165) is 30.6 Å². The van der Waals surface area contributed by atoms with Gasteiger partial charge in [-0.1, -0.05) is 13.8 Å². The number of imidazole rings is 1. The molecular weight excluding hydrogens is 174 g/mol. The molecule has 1 heterocycles. The lowest BCUT2D eigenvalue weighted by Crippen LogP contribution is -2.07. The minimum atomic E-state index is 0.743. The van der Waals surface area contributed by atoms with Crippen molar-refractivity contribution in [3.05, 3.63) is 11.9 Å². The smallest absolute Gasteiger partial charge is 0.203 e. The highest BCUT2D eigenvalue weighted by atomic mass is 15.2. The van der Waals surface area contributed by atoms with Crippen molar-refractivity contribution in [2.24, 2.45) is 5.92 Å². The van der Waals surface area contributed by atoms with Gasteiger partial charge in [-0.2, -0.15) is 0 Å². The Kier molecular flexibility index (Phi) is 3.98. The van der Waals surface area contributed by atoms with Gasteiger partial charge in [-0.05, 0) is 26.2 Å². The first-order valence-corrected chi connectivity index (χ1v) is 5.41. The molecule has 3 nitrogen and oxygen atoms in total. The molecule has 0 saturated heterocycles. The van der Waals surface area contributed by atoms with Crippen LogP contribution in [-0.2, 0) is 6.54 Å². The number of hydrogen-bond acceptors (Lipinski definition) is 2. The van der Waals surface area contributed by atoms with Crippen molar-refractivity contribution in [3.63, 3.8) is 0 Å². The average Bonchev–Trinajstić information content (AvgIpc) is 2.44. The van der Waals surface area contributed by atoms with E-state index in [1.165, 1.54) is 6.42 Å². The second-order valence-corrected chi connectivity index (χ2v) is 4.11. The van der Waals surface area contributed by atoms with Gasteiger partial charge in [-0.3, -0.25) is 0 Å². The molecular formula is C11H21N3. The molecule has 0 saturated carbocycles. The van der Waals surface area contributed by atoms with E-state index in [1.807, 2.05) is 6.92 Å². The van der Waals surface area contributed by atoms with Gasteiger partial charge in [0.25, 0.3) is 0 Å². The summed E-state index contributed by atoms with van der Waals surface area (Å²) in [5.41, 5.74) is 1.09. The Morgan fingerprint density at radius 2 is 2.21 bits per heavy atom. The molecule has 0 aliphatic rings. The molecule has 0 radical (unpaired) electrons. The van der Waals surface area contributed by atoms with Crippen LogP contribution in [0.5, 0.6) is 0 Å². The molecule has 1 aromatic heterocycles. The average molecular weight is 195 g/mol. The number of hydrogen-bond donors (Lipinski definition) is 1. The Morgan fingerprint density at radius 3 is 2.79 bits per heavy atom. The maximum atomic E-state index is 4.43. The van der Waals surface area contributed by atoms with E-state index in [-0.39, 0.29) is 0 Å². The first-order chi connectivity index (χ1) is 6.63. The molecule has 14 heavy (non-hydrogen) atoms. The molecule has 0 aliphatic heterocycles. The van der Waals surface area contributed by atoms with Crippen LogP contribution in [0, 0.1) is 12.8 Å². The van der Waals surface area contributed by atoms with Crippen LogP contribution in [0.4, 0.5) is 5.95 Å². The summed E-state index contributed by atoms with van der Waals surface area (Å²) in [4.78, 5) is 4.43. The van der Waals surface area contributed by atoms with Crippen LogP contribution in [-0.4, -0.2) is 16.1 Å². The van der Waals surface area contributed by atoms with Gasteiger partial charge in [0.05, 0.1) is 5.69 Å². The van der Waals surface area contributed by atoms with E-state index >= 15 is 0 Å². The van der Waals surface area contributed by atoms with E-state index in [9.17, 15) is 0 Å². The van der Waals surface area contributed by atoms with Gasteiger partial charge >= 0.3 is 0 Å². The highest BCUT2D eigenvalue weighted by molar-refractivity contribution is 5.28. The van der Waals surface area contributed by atoms with Crippen LogP contribution in [0.3, 0.4) is 0 Å². The fourth-order valence-electron chi connectivity index (χ4n) is 1.41. The van der Waals surface area contributed by atoms with Crippen molar-refractivity contribution in [3.8, 4) is 0 Å². The molecule has 0 fully saturated rings. The third-order valence-electron chi connectivity index (χ3n) is 2.18. The first kappa shape index (κ1) is 11.1. The van der Waals surface area contributed by atoms with E-state index in [1.54, 1.807) is 0 Å². The summed E-state index contributed by atoms with van der Waals surface area (Å²) >= 11 is 0. The lowest BCUT2D eigenvalue weighted by Gasteiger charge is -2.09. The van der Waals surface area contributed by atoms with Gasteiger partial charge in [-0.25, -0.2) is 4.98 Å². The molecule has 0 spiro atoms. The van der Waals surface area contributed by atoms with E-state index in [0.29, 0.717) is 0 Å². The zero-order valence-electron chi connectivity index (χ0n) is 9.67. The van der Waals surface area contributed by atoms with Crippen LogP contribution in [0.15, 0.2) is 6.20 Å². The maximum Gasteiger partial charge on any atom is 0.203 e. The van der Waals surface area contributed by atoms with Gasteiger partial charge in [0.1, 0.15) is 0 Å². The predicted molar refractivity (Wildman–Crippen MR) is 60.6 cm³/mol. The van der Waals surface area contributed by atoms with Crippen molar-refractivity contribution >= 4 is 5.95 Å². The second-order valence-electron chi connectivity index (χ2n) is 4.11. The number of aryl methyl sites for hydroxylation is 2. The predicted octanol–water partition coefficient (Wildman–Crippen LogP) is 2.67. The van der Waals surface area contributed by atoms with Gasteiger partial charge in [0.2, 0.25) is 5.95 Å². The van der Waals surface area contributed by atoms with Gasteiger partial charge in [-0.15, -0.1) is 0 Å². The maximum absolute atomic E-state index is 4.43. The monoisotopic (exact) mass is 195 g/mol. The molecule has 80 valence electrons. The molecule has 0 bridgehead atoms. The minimum Gasteiger partial charge on any atom is -0.356 e. The highest BCUT2D eigenvalue weighted by Crippen LogP contribution is 2.11. The third-order valence-corrected chi connectivity index (χ3v) is 2.18. The Balaban J connectivity index is 2.63. The number of nitrogens with zero attached hydrogens (tertiary/aromatic N) is 2. The van der Waals surface area contributed by atoms with Gasteiger partial charge in [0, 0.05) is 19.3 Å². The third kappa shape index (κ3) is 3.05. The summed E-state index contributed by atoms with van der Waals surface area (Å²) in [7, 11) is 0. The van der Waals surface area contributed by atoms with Crippen LogP contribution in [0.25, 0.3) is 0 Å². The topological polar surface area (TPSA) is 29.9 Å². The van der Waals surface area contributed by atoms with E-state index in [2.05, 4.69) is 41.8 Å². The van der Waals surface area contributed by atoms with Gasteiger partial charge in [0.15, 0.2) is 0 Å². The highest BCUT2D eigenvalue weighted by Gasteiger charge is 2.04. The zero-order valence-corrected chi connectivity index (χ0v) is 9.67. The largest absolute Gasteiger partial charge is 0.356 e. The number of rotatable bonds is 5. The normalized spacial score (nSPS) is 10.9. The zero-order chi connectivity index (χ0) is 10.6. The standard InChI is InChI=1S/C11H21N3/c1-5-12-11-13-10(4)8-14(11)7-6-9(2)3/h8-9H,5-7H2,1-4H3,(H,12,13). The number of nitrogens with one attached hydrogen (secondary N) is 1. The SMILES string of the molecule is CCNc1nc(C)cn1CCC(C)C. The Hall–Kier alpha value is -0.990. The molecule has 1 N–H and O–H groups in total. The Labute approximate surface area is 86.5 Å². The molecule has 0 unspecified atom stereocenters. The number of anilines is 1. The van der Waals surface area contributed by atoms with Crippen LogP contribution in [0.1, 0.15) is 32.9 Å². The molecule has 1 rings (SSSR count). The second kappa shape index (κ2) is 5.03. The lowest BCUT2D eigenvalue weighted by molar-refractivity contribution is 0.518. The summed E-state index contributed by atoms with van der Waals surface area (Å²) in [6.07, 6.45) is 3.31. The fraction of sp³-hybridized carbons (Fsp3) is 0.727. The molecule has 0 aliphatic carbocycles. The molecule has 0 atom stereocenters. The van der Waals surface area contributed by atoms with Crippen molar-refractivity contribution in [1.82, 2.24) is 9.55 Å². The Morgan fingerprint density at radius 1 is 1.50 bits per heavy atom. The molecule has 3 heteroatoms. The lowest BCUT2D eigenvalue weighted by atomic mass is 10.1. The van der Waals surface area contributed by atoms with Gasteiger partial charge < -0.3 is 9.88 Å². The molecule has 1 aromatic rings. The van der Waals surface area contributed by atoms with E-state index in [4.69, 9.17) is 0 Å². The van der Waals surface area contributed by atoms with Crippen LogP contribution >= 0.6 is 0 Å². The van der Waals surface area contributed by atoms with Crippen molar-refractivity contribution in [1.29, 1.82) is 0 Å². The summed E-state index contributed by atoms with van der Waals surface area (Å²) in [5, 5.41) is 3.27. The number of aromatic nitrogens is 2. The minimum absolute atomic E-state index is 0.743. The van der Waals surface area contributed by atoms with Crippen LogP contribution < -0.4 is 5.32 Å². The van der Waals surface area contributed by atoms with Crippen molar-refractivity contribution in [2.75, 3.05) is 11.9 Å². The molecule has 0 amide bonds.